The predicted molar refractivity (Wildman–Crippen MR) is 143 cm³/mol. The van der Waals surface area contributed by atoms with Crippen LogP contribution in [0.3, 0.4) is 0 Å². The molecule has 10 heteroatoms. The molecule has 0 aliphatic carbocycles. The van der Waals surface area contributed by atoms with E-state index >= 15 is 0 Å². The van der Waals surface area contributed by atoms with E-state index in [1.807, 2.05) is 35.8 Å². The zero-order valence-corrected chi connectivity index (χ0v) is 22.2. The summed E-state index contributed by atoms with van der Waals surface area (Å²) in [5, 5.41) is 13.4. The van der Waals surface area contributed by atoms with Gasteiger partial charge in [-0.25, -0.2) is 0 Å². The van der Waals surface area contributed by atoms with Gasteiger partial charge in [0.1, 0.15) is 11.5 Å². The highest BCUT2D eigenvalue weighted by Crippen LogP contribution is 2.33. The van der Waals surface area contributed by atoms with Gasteiger partial charge in [-0.15, -0.1) is 10.2 Å². The Bertz CT molecular complexity index is 1380. The van der Waals surface area contributed by atoms with E-state index in [1.54, 1.807) is 56.7 Å². The van der Waals surface area contributed by atoms with Gasteiger partial charge in [-0.1, -0.05) is 53.2 Å². The maximum absolute atomic E-state index is 13.0. The molecule has 0 saturated carbocycles. The first-order valence-electron chi connectivity index (χ1n) is 11.0. The van der Waals surface area contributed by atoms with Gasteiger partial charge in [0.05, 0.1) is 31.0 Å². The number of benzene rings is 3. The number of methoxy groups -OCH3 is 2. The fraction of sp³-hybridized carbons (Fsp3) is 0.192. The van der Waals surface area contributed by atoms with Crippen LogP contribution >= 0.6 is 35.0 Å². The molecule has 0 radical (unpaired) electrons. The Kier molecular flexibility index (Phi) is 8.40. The molecule has 0 saturated heterocycles. The van der Waals surface area contributed by atoms with Crippen molar-refractivity contribution in [3.63, 3.8) is 0 Å². The van der Waals surface area contributed by atoms with Crippen LogP contribution in [0.25, 0.3) is 5.69 Å². The molecule has 0 bridgehead atoms. The number of carbonyl (C=O) groups is 1. The minimum atomic E-state index is -0.489. The SMILES string of the molecule is COc1cccc(CSc2nnc(C(C)NC(=O)c3cccc(OC)c3)n2-c2cc(Cl)ccc2Cl)c1. The fourth-order valence-corrected chi connectivity index (χ4v) is 4.82. The number of thioether (sulfide) groups is 1. The smallest absolute Gasteiger partial charge is 0.251 e. The van der Waals surface area contributed by atoms with Crippen LogP contribution in [0.1, 0.15) is 34.7 Å². The summed E-state index contributed by atoms with van der Waals surface area (Å²) in [6.45, 7) is 1.84. The monoisotopic (exact) mass is 542 g/mol. The van der Waals surface area contributed by atoms with Crippen LogP contribution < -0.4 is 14.8 Å². The number of ether oxygens (including phenoxy) is 2. The minimum Gasteiger partial charge on any atom is -0.497 e. The van der Waals surface area contributed by atoms with E-state index in [4.69, 9.17) is 32.7 Å². The molecule has 0 aliphatic heterocycles. The summed E-state index contributed by atoms with van der Waals surface area (Å²) < 4.78 is 12.4. The third-order valence-electron chi connectivity index (χ3n) is 5.38. The van der Waals surface area contributed by atoms with Crippen LogP contribution in [0.5, 0.6) is 11.5 Å². The quantitative estimate of drug-likeness (QED) is 0.247. The number of nitrogens with zero attached hydrogens (tertiary/aromatic N) is 3. The lowest BCUT2D eigenvalue weighted by atomic mass is 10.2. The summed E-state index contributed by atoms with van der Waals surface area (Å²) in [6, 6.07) is 19.5. The molecule has 0 spiro atoms. The molecule has 7 nitrogen and oxygen atoms in total. The Morgan fingerprint density at radius 2 is 1.72 bits per heavy atom. The first kappa shape index (κ1) is 25.9. The molecule has 0 fully saturated rings. The van der Waals surface area contributed by atoms with Crippen LogP contribution in [0.2, 0.25) is 10.0 Å². The lowest BCUT2D eigenvalue weighted by Gasteiger charge is -2.17. The fourth-order valence-electron chi connectivity index (χ4n) is 3.56. The first-order valence-corrected chi connectivity index (χ1v) is 12.7. The average molecular weight is 543 g/mol. The zero-order chi connectivity index (χ0) is 25.7. The molecule has 1 aromatic heterocycles. The summed E-state index contributed by atoms with van der Waals surface area (Å²) in [7, 11) is 3.19. The molecule has 1 heterocycles. The molecular weight excluding hydrogens is 519 g/mol. The molecule has 4 aromatic rings. The number of hydrogen-bond donors (Lipinski definition) is 1. The lowest BCUT2D eigenvalue weighted by molar-refractivity contribution is 0.0937. The Balaban J connectivity index is 1.66. The van der Waals surface area contributed by atoms with Gasteiger partial charge in [-0.3, -0.25) is 9.36 Å². The summed E-state index contributed by atoms with van der Waals surface area (Å²) >= 11 is 14.4. The predicted octanol–water partition coefficient (Wildman–Crippen LogP) is 6.37. The number of hydrogen-bond acceptors (Lipinski definition) is 6. The minimum absolute atomic E-state index is 0.265. The van der Waals surface area contributed by atoms with E-state index < -0.39 is 6.04 Å². The molecule has 1 amide bonds. The van der Waals surface area contributed by atoms with Crippen molar-refractivity contribution in [3.8, 4) is 17.2 Å². The van der Waals surface area contributed by atoms with Crippen molar-refractivity contribution in [2.75, 3.05) is 14.2 Å². The molecule has 1 unspecified atom stereocenters. The van der Waals surface area contributed by atoms with E-state index in [9.17, 15) is 4.79 Å². The maximum atomic E-state index is 13.0. The van der Waals surface area contributed by atoms with Gasteiger partial charge in [0, 0.05) is 16.3 Å². The Labute approximate surface area is 223 Å². The Hall–Kier alpha value is -3.20. The molecule has 0 aliphatic rings. The van der Waals surface area contributed by atoms with E-state index in [-0.39, 0.29) is 5.91 Å². The van der Waals surface area contributed by atoms with Gasteiger partial charge in [-0.2, -0.15) is 0 Å². The van der Waals surface area contributed by atoms with Gasteiger partial charge in [0.2, 0.25) is 0 Å². The molecule has 4 rings (SSSR count). The number of rotatable bonds is 9. The van der Waals surface area contributed by atoms with Crippen molar-refractivity contribution in [3.05, 3.63) is 93.7 Å². The number of aromatic nitrogens is 3. The number of halogens is 2. The number of nitrogens with one attached hydrogen (secondary N) is 1. The number of amides is 1. The third-order valence-corrected chi connectivity index (χ3v) is 6.93. The lowest BCUT2D eigenvalue weighted by Crippen LogP contribution is -2.28. The van der Waals surface area contributed by atoms with Crippen LogP contribution in [-0.2, 0) is 5.75 Å². The summed E-state index contributed by atoms with van der Waals surface area (Å²) in [5.41, 5.74) is 2.16. The van der Waals surface area contributed by atoms with Gasteiger partial charge in [0.25, 0.3) is 5.91 Å². The van der Waals surface area contributed by atoms with Crippen LogP contribution in [0.15, 0.2) is 71.9 Å². The van der Waals surface area contributed by atoms with Crippen molar-refractivity contribution in [2.45, 2.75) is 23.9 Å². The molecule has 1 atom stereocenters. The van der Waals surface area contributed by atoms with Crippen LogP contribution in [-0.4, -0.2) is 34.9 Å². The molecule has 186 valence electrons. The average Bonchev–Trinajstić information content (AvgIpc) is 3.32. The Morgan fingerprint density at radius 1 is 1.00 bits per heavy atom. The summed E-state index contributed by atoms with van der Waals surface area (Å²) in [5.74, 6) is 2.25. The largest absolute Gasteiger partial charge is 0.497 e. The third kappa shape index (κ3) is 5.95. The van der Waals surface area contributed by atoms with Gasteiger partial charge >= 0.3 is 0 Å². The van der Waals surface area contributed by atoms with Gasteiger partial charge in [-0.05, 0) is 61.0 Å². The molecular formula is C26H24Cl2N4O3S. The van der Waals surface area contributed by atoms with E-state index in [1.165, 1.54) is 11.8 Å². The van der Waals surface area contributed by atoms with E-state index in [2.05, 4.69) is 15.5 Å². The zero-order valence-electron chi connectivity index (χ0n) is 19.9. The van der Waals surface area contributed by atoms with Gasteiger partial charge < -0.3 is 14.8 Å². The van der Waals surface area contributed by atoms with Crippen molar-refractivity contribution in [2.24, 2.45) is 0 Å². The normalized spacial score (nSPS) is 11.7. The van der Waals surface area contributed by atoms with E-state index in [0.717, 1.165) is 11.3 Å². The van der Waals surface area contributed by atoms with Crippen molar-refractivity contribution < 1.29 is 14.3 Å². The van der Waals surface area contributed by atoms with Gasteiger partial charge in [0.15, 0.2) is 11.0 Å². The maximum Gasteiger partial charge on any atom is 0.251 e. The highest BCUT2D eigenvalue weighted by atomic mass is 35.5. The van der Waals surface area contributed by atoms with E-state index in [0.29, 0.717) is 43.8 Å². The van der Waals surface area contributed by atoms with Crippen molar-refractivity contribution in [1.29, 1.82) is 0 Å². The first-order chi connectivity index (χ1) is 17.4. The second-order valence-corrected chi connectivity index (χ2v) is 9.63. The number of carbonyl (C=O) groups excluding carboxylic acids is 1. The van der Waals surface area contributed by atoms with Crippen molar-refractivity contribution in [1.82, 2.24) is 20.1 Å². The highest BCUT2D eigenvalue weighted by molar-refractivity contribution is 7.98. The van der Waals surface area contributed by atoms with Crippen molar-refractivity contribution >= 4 is 40.9 Å². The Morgan fingerprint density at radius 3 is 2.47 bits per heavy atom. The summed E-state index contributed by atoms with van der Waals surface area (Å²) in [4.78, 5) is 13.0. The second-order valence-electron chi connectivity index (χ2n) is 7.84. The van der Waals surface area contributed by atoms with Crippen LogP contribution in [0, 0.1) is 0 Å². The second kappa shape index (κ2) is 11.7. The summed E-state index contributed by atoms with van der Waals surface area (Å²) in [6.07, 6.45) is 0. The molecule has 3 aromatic carbocycles. The molecule has 36 heavy (non-hydrogen) atoms. The topological polar surface area (TPSA) is 78.3 Å². The standard InChI is InChI=1S/C26H24Cl2N4O3S/c1-16(29-25(33)18-7-5-9-21(13-18)35-3)24-30-31-26(32(24)23-14-19(27)10-11-22(23)28)36-15-17-6-4-8-20(12-17)34-2/h4-14,16H,15H2,1-3H3,(H,29,33). The highest BCUT2D eigenvalue weighted by Gasteiger charge is 2.23. The molecule has 1 N–H and O–H groups in total. The van der Waals surface area contributed by atoms with Crippen LogP contribution in [0.4, 0.5) is 0 Å².